The number of imidazole rings is 1. The number of aromatic nitrogens is 2. The van der Waals surface area contributed by atoms with E-state index in [1.165, 1.54) is 11.8 Å². The number of nitrogens with one attached hydrogen (secondary N) is 1. The molecule has 1 aromatic carbocycles. The van der Waals surface area contributed by atoms with E-state index >= 15 is 0 Å². The Kier molecular flexibility index (Phi) is 6.40. The number of halogens is 2. The van der Waals surface area contributed by atoms with Gasteiger partial charge in [-0.15, -0.1) is 0 Å². The van der Waals surface area contributed by atoms with E-state index in [4.69, 9.17) is 20.6 Å². The fourth-order valence-electron chi connectivity index (χ4n) is 1.70. The van der Waals surface area contributed by atoms with Gasteiger partial charge < -0.3 is 14.0 Å². The van der Waals surface area contributed by atoms with Crippen LogP contribution < -0.4 is 0 Å². The fraction of sp³-hybridized carbons (Fsp3) is 0.417. The predicted molar refractivity (Wildman–Crippen MR) is 95.4 cm³/mol. The molecule has 116 valence electrons. The van der Waals surface area contributed by atoms with Crippen LogP contribution in [0.15, 0.2) is 17.3 Å². The van der Waals surface area contributed by atoms with Crippen LogP contribution in [0.4, 0.5) is 0 Å². The minimum Gasteiger partial charge on any atom is -0.333 e. The topological polar surface area (TPSA) is 64.2 Å². The number of aromatic amines is 1. The molecule has 1 aromatic heterocycles. The van der Waals surface area contributed by atoms with Crippen molar-refractivity contribution in [2.24, 2.45) is 0 Å². The third kappa shape index (κ3) is 4.59. The number of H-pyrrole nitrogens is 1. The van der Waals surface area contributed by atoms with Crippen molar-refractivity contribution in [2.45, 2.75) is 19.0 Å². The molecule has 0 saturated heterocycles. The summed E-state index contributed by atoms with van der Waals surface area (Å²) in [5, 5.41) is 1.35. The summed E-state index contributed by atoms with van der Waals surface area (Å²) >= 11 is 9.56. The molecule has 1 N–H and O–H groups in total. The molecule has 9 heteroatoms. The summed E-state index contributed by atoms with van der Waals surface area (Å²) in [5.41, 5.74) is 1.90. The Labute approximate surface area is 146 Å². The second kappa shape index (κ2) is 7.66. The van der Waals surface area contributed by atoms with E-state index in [1.807, 2.05) is 12.1 Å². The number of fused-ring (bicyclic) bond motifs is 1. The highest BCUT2D eigenvalue weighted by Crippen LogP contribution is 2.51. The second-order valence-corrected chi connectivity index (χ2v) is 9.06. The zero-order valence-corrected chi connectivity index (χ0v) is 16.2. The average Bonchev–Trinajstić information content (AvgIpc) is 2.80. The summed E-state index contributed by atoms with van der Waals surface area (Å²) < 4.78 is 23.8. The smallest absolute Gasteiger partial charge is 0.333 e. The molecule has 5 nitrogen and oxygen atoms in total. The van der Waals surface area contributed by atoms with Gasteiger partial charge in [0.05, 0.1) is 29.3 Å². The zero-order valence-electron chi connectivity index (χ0n) is 11.6. The van der Waals surface area contributed by atoms with Crippen LogP contribution in [-0.2, 0) is 13.6 Å². The Morgan fingerprint density at radius 3 is 2.67 bits per heavy atom. The monoisotopic (exact) mass is 460 g/mol. The van der Waals surface area contributed by atoms with Gasteiger partial charge >= 0.3 is 7.60 Å². The molecular weight excluding hydrogens is 446 g/mol. The number of nitrogens with zero attached hydrogens (tertiary/aromatic N) is 1. The molecule has 1 heterocycles. The molecule has 2 rings (SSSR count). The molecule has 0 saturated carbocycles. The zero-order chi connectivity index (χ0) is 15.5. The van der Waals surface area contributed by atoms with Gasteiger partial charge in [0.2, 0.25) is 0 Å². The Morgan fingerprint density at radius 1 is 1.38 bits per heavy atom. The maximum atomic E-state index is 12.4. The Morgan fingerprint density at radius 2 is 2.05 bits per heavy atom. The van der Waals surface area contributed by atoms with E-state index in [9.17, 15) is 4.57 Å². The van der Waals surface area contributed by atoms with Crippen molar-refractivity contribution in [3.05, 3.63) is 20.7 Å². The van der Waals surface area contributed by atoms with E-state index in [1.54, 1.807) is 13.8 Å². The van der Waals surface area contributed by atoms with Crippen molar-refractivity contribution in [3.63, 3.8) is 0 Å². The number of rotatable bonds is 7. The van der Waals surface area contributed by atoms with Gasteiger partial charge in [-0.1, -0.05) is 23.4 Å². The minimum atomic E-state index is -3.07. The van der Waals surface area contributed by atoms with E-state index in [0.29, 0.717) is 23.4 Å². The lowest BCUT2D eigenvalue weighted by molar-refractivity contribution is 0.224. The van der Waals surface area contributed by atoms with Crippen molar-refractivity contribution in [1.29, 1.82) is 0 Å². The fourth-order valence-corrected chi connectivity index (χ4v) is 5.23. The lowest BCUT2D eigenvalue weighted by Crippen LogP contribution is -1.98. The standard InChI is InChI=1S/C12H15ClIN2O3PS/c1-3-18-20(17,19-4-2)7-21-12-15-10-5-8(13)9(14)6-11(10)16-12/h5-6H,3-4,7H2,1-2H3,(H,15,16). The summed E-state index contributed by atoms with van der Waals surface area (Å²) in [4.78, 5) is 7.60. The highest BCUT2D eigenvalue weighted by molar-refractivity contribution is 14.1. The predicted octanol–water partition coefficient (Wildman–Crippen LogP) is 5.14. The Bertz CT molecular complexity index is 633. The van der Waals surface area contributed by atoms with Crippen molar-refractivity contribution < 1.29 is 13.6 Å². The molecule has 0 amide bonds. The molecule has 0 aliphatic rings. The van der Waals surface area contributed by atoms with Crippen LogP contribution >= 0.6 is 53.5 Å². The van der Waals surface area contributed by atoms with Gasteiger partial charge in [-0.3, -0.25) is 4.57 Å². The molecule has 0 atom stereocenters. The van der Waals surface area contributed by atoms with Gasteiger partial charge in [-0.25, -0.2) is 4.98 Å². The number of hydrogen-bond donors (Lipinski definition) is 1. The van der Waals surface area contributed by atoms with Crippen molar-refractivity contribution in [1.82, 2.24) is 9.97 Å². The quantitative estimate of drug-likeness (QED) is 0.352. The van der Waals surface area contributed by atoms with Crippen LogP contribution in [0.3, 0.4) is 0 Å². The lowest BCUT2D eigenvalue weighted by atomic mass is 10.3. The first-order valence-electron chi connectivity index (χ1n) is 6.33. The van der Waals surface area contributed by atoms with Gasteiger partial charge in [0, 0.05) is 3.57 Å². The highest BCUT2D eigenvalue weighted by Gasteiger charge is 2.24. The van der Waals surface area contributed by atoms with Gasteiger partial charge in [0.25, 0.3) is 0 Å². The molecule has 21 heavy (non-hydrogen) atoms. The molecule has 0 radical (unpaired) electrons. The van der Waals surface area contributed by atoms with Crippen molar-refractivity contribution in [2.75, 3.05) is 18.7 Å². The summed E-state index contributed by atoms with van der Waals surface area (Å²) in [5.74, 6) is 0. The maximum absolute atomic E-state index is 12.4. The largest absolute Gasteiger partial charge is 0.340 e. The van der Waals surface area contributed by atoms with Crippen LogP contribution in [-0.4, -0.2) is 28.7 Å². The number of hydrogen-bond acceptors (Lipinski definition) is 5. The van der Waals surface area contributed by atoms with Gasteiger partial charge in [0.15, 0.2) is 5.16 Å². The van der Waals surface area contributed by atoms with Gasteiger partial charge in [-0.2, -0.15) is 0 Å². The molecule has 0 aliphatic heterocycles. The average molecular weight is 461 g/mol. The van der Waals surface area contributed by atoms with Gasteiger partial charge in [-0.05, 0) is 48.6 Å². The van der Waals surface area contributed by atoms with Crippen molar-refractivity contribution in [3.8, 4) is 0 Å². The SMILES string of the molecule is CCOP(=O)(CSc1nc2cc(I)c(Cl)cc2[nH]1)OCC. The minimum absolute atomic E-state index is 0.222. The summed E-state index contributed by atoms with van der Waals surface area (Å²) in [6, 6.07) is 3.74. The van der Waals surface area contributed by atoms with Crippen molar-refractivity contribution >= 4 is 64.6 Å². The summed E-state index contributed by atoms with van der Waals surface area (Å²) in [6.07, 6.45) is 0. The normalized spacial score (nSPS) is 12.2. The van der Waals surface area contributed by atoms with E-state index in [2.05, 4.69) is 32.6 Å². The lowest BCUT2D eigenvalue weighted by Gasteiger charge is -2.15. The Hall–Kier alpha value is 0.210. The molecule has 0 fully saturated rings. The molecular formula is C12H15ClIN2O3PS. The third-order valence-corrected chi connectivity index (χ3v) is 7.59. The van der Waals surface area contributed by atoms with Crippen LogP contribution in [0, 0.1) is 3.57 Å². The maximum Gasteiger partial charge on any atom is 0.340 e. The summed E-state index contributed by atoms with van der Waals surface area (Å²) in [7, 11) is -3.07. The molecule has 0 bridgehead atoms. The Balaban J connectivity index is 2.14. The first-order chi connectivity index (χ1) is 9.97. The first-order valence-corrected chi connectivity index (χ1v) is 10.5. The highest BCUT2D eigenvalue weighted by atomic mass is 127. The molecule has 0 aliphatic carbocycles. The van der Waals surface area contributed by atoms with Gasteiger partial charge in [0.1, 0.15) is 5.49 Å². The molecule has 2 aromatic rings. The summed E-state index contributed by atoms with van der Waals surface area (Å²) in [6.45, 7) is 4.29. The number of benzene rings is 1. The van der Waals surface area contributed by atoms with E-state index in [0.717, 1.165) is 14.6 Å². The second-order valence-electron chi connectivity index (χ2n) is 4.05. The van der Waals surface area contributed by atoms with Crippen LogP contribution in [0.25, 0.3) is 11.0 Å². The number of thioether (sulfide) groups is 1. The van der Waals surface area contributed by atoms with Crippen LogP contribution in [0.5, 0.6) is 0 Å². The van der Waals surface area contributed by atoms with E-state index in [-0.39, 0.29) is 5.49 Å². The van der Waals surface area contributed by atoms with Crippen LogP contribution in [0.1, 0.15) is 13.8 Å². The molecule has 0 unspecified atom stereocenters. The molecule has 0 spiro atoms. The third-order valence-electron chi connectivity index (χ3n) is 2.51. The first kappa shape index (κ1) is 17.6. The van der Waals surface area contributed by atoms with E-state index < -0.39 is 7.60 Å². The van der Waals surface area contributed by atoms with Crippen LogP contribution in [0.2, 0.25) is 5.02 Å².